The zero-order valence-electron chi connectivity index (χ0n) is 22.7. The average molecular weight is 632 g/mol. The van der Waals surface area contributed by atoms with Gasteiger partial charge < -0.3 is 14.4 Å². The minimum Gasteiger partial charge on any atom is -0.594 e. The van der Waals surface area contributed by atoms with Crippen LogP contribution in [0.5, 0.6) is 11.5 Å². The van der Waals surface area contributed by atoms with E-state index in [9.17, 15) is 17.9 Å². The SMILES string of the molecule is CCCCOc1ccccc1S(=O)(=O)N(c1cc(C)cc(OCCNC2(Cl)C=CN=NC2Cl)c1)C(C)(C)[P+](=O)[O-]. The largest absolute Gasteiger partial charge is 0.594 e. The number of nitrogens with zero attached hydrogens (tertiary/aromatic N) is 3. The van der Waals surface area contributed by atoms with E-state index in [0.29, 0.717) is 17.9 Å². The normalized spacial score (nSPS) is 19.4. The van der Waals surface area contributed by atoms with Gasteiger partial charge in [-0.25, -0.2) is 12.7 Å². The quantitative estimate of drug-likeness (QED) is 0.123. The molecule has 1 aliphatic heterocycles. The van der Waals surface area contributed by atoms with E-state index in [1.807, 2.05) is 6.92 Å². The van der Waals surface area contributed by atoms with Gasteiger partial charge in [0, 0.05) is 32.7 Å². The number of rotatable bonds is 14. The summed E-state index contributed by atoms with van der Waals surface area (Å²) >= 11 is 12.6. The van der Waals surface area contributed by atoms with Crippen LogP contribution in [0.15, 0.2) is 69.9 Å². The van der Waals surface area contributed by atoms with E-state index in [1.165, 1.54) is 32.2 Å². The van der Waals surface area contributed by atoms with Gasteiger partial charge in [-0.1, -0.05) is 53.2 Å². The summed E-state index contributed by atoms with van der Waals surface area (Å²) in [5.41, 5.74) is -0.0234. The maximum Gasteiger partial charge on any atom is 0.337 e. The Balaban J connectivity index is 1.93. The van der Waals surface area contributed by atoms with Crippen LogP contribution in [-0.4, -0.2) is 44.0 Å². The van der Waals surface area contributed by atoms with Crippen molar-refractivity contribution in [3.8, 4) is 11.5 Å². The van der Waals surface area contributed by atoms with E-state index in [-0.39, 0.29) is 29.5 Å². The second-order valence-corrected chi connectivity index (χ2v) is 14.0. The summed E-state index contributed by atoms with van der Waals surface area (Å²) in [6.07, 6.45) is 4.63. The third kappa shape index (κ3) is 7.51. The van der Waals surface area contributed by atoms with Gasteiger partial charge in [0.1, 0.15) is 23.0 Å². The predicted octanol–water partition coefficient (Wildman–Crippen LogP) is 5.66. The fourth-order valence-corrected chi connectivity index (χ4v) is 6.90. The molecule has 3 unspecified atom stereocenters. The molecule has 1 heterocycles. The second kappa shape index (κ2) is 13.6. The van der Waals surface area contributed by atoms with E-state index in [1.54, 1.807) is 43.3 Å². The molecule has 1 N–H and O–H groups in total. The Morgan fingerprint density at radius 1 is 1.20 bits per heavy atom. The molecule has 0 spiro atoms. The van der Waals surface area contributed by atoms with E-state index < -0.39 is 33.8 Å². The average Bonchev–Trinajstić information content (AvgIpc) is 2.88. The molecular weight excluding hydrogens is 598 g/mol. The molecule has 0 saturated heterocycles. The minimum absolute atomic E-state index is 0.126. The first kappa shape index (κ1) is 32.2. The van der Waals surface area contributed by atoms with Gasteiger partial charge in [-0.2, -0.15) is 10.2 Å². The van der Waals surface area contributed by atoms with Crippen molar-refractivity contribution in [3.05, 3.63) is 60.3 Å². The Hall–Kier alpha value is -2.27. The van der Waals surface area contributed by atoms with Gasteiger partial charge in [-0.05, 0) is 49.2 Å². The molecule has 218 valence electrons. The van der Waals surface area contributed by atoms with Gasteiger partial charge in [0.15, 0.2) is 10.5 Å². The highest BCUT2D eigenvalue weighted by molar-refractivity contribution is 7.93. The molecular formula is C26H33Cl2N4O6PS. The molecule has 14 heteroatoms. The first-order valence-corrected chi connectivity index (χ1v) is 16.1. The number of nitrogens with one attached hydrogen (secondary N) is 1. The Morgan fingerprint density at radius 2 is 1.93 bits per heavy atom. The van der Waals surface area contributed by atoms with Crippen molar-refractivity contribution in [3.63, 3.8) is 0 Å². The van der Waals surface area contributed by atoms with Crippen molar-refractivity contribution >= 4 is 46.9 Å². The smallest absolute Gasteiger partial charge is 0.337 e. The van der Waals surface area contributed by atoms with Crippen LogP contribution in [0.4, 0.5) is 5.69 Å². The number of sulfonamides is 1. The lowest BCUT2D eigenvalue weighted by Gasteiger charge is -2.33. The van der Waals surface area contributed by atoms with Gasteiger partial charge in [0.2, 0.25) is 5.28 Å². The number of para-hydroxylation sites is 1. The van der Waals surface area contributed by atoms with Gasteiger partial charge in [0.25, 0.3) is 10.0 Å². The number of hydrogen-bond donors (Lipinski definition) is 1. The molecule has 0 aromatic heterocycles. The highest BCUT2D eigenvalue weighted by Crippen LogP contribution is 2.44. The van der Waals surface area contributed by atoms with Crippen molar-refractivity contribution in [1.82, 2.24) is 5.32 Å². The Labute approximate surface area is 246 Å². The van der Waals surface area contributed by atoms with Gasteiger partial charge in [0.05, 0.1) is 12.3 Å². The minimum atomic E-state index is -4.41. The molecule has 3 rings (SSSR count). The fraction of sp³-hybridized carbons (Fsp3) is 0.462. The topological polar surface area (TPSA) is 133 Å². The number of unbranched alkanes of at least 4 members (excludes halogenated alkanes) is 1. The van der Waals surface area contributed by atoms with Crippen molar-refractivity contribution in [2.24, 2.45) is 10.2 Å². The first-order chi connectivity index (χ1) is 18.8. The predicted molar refractivity (Wildman–Crippen MR) is 155 cm³/mol. The molecule has 2 aromatic carbocycles. The number of hydrogen-bond acceptors (Lipinski definition) is 9. The number of ether oxygens (including phenoxy) is 2. The van der Waals surface area contributed by atoms with E-state index in [4.69, 9.17) is 32.7 Å². The fourth-order valence-electron chi connectivity index (χ4n) is 3.92. The van der Waals surface area contributed by atoms with E-state index in [2.05, 4.69) is 15.5 Å². The number of anilines is 1. The molecule has 0 aliphatic carbocycles. The highest BCUT2D eigenvalue weighted by atomic mass is 35.5. The third-order valence-corrected chi connectivity index (χ3v) is 10.3. The number of azo groups is 1. The monoisotopic (exact) mass is 630 g/mol. The molecule has 0 amide bonds. The molecule has 3 atom stereocenters. The van der Waals surface area contributed by atoms with Crippen molar-refractivity contribution < 1.29 is 27.3 Å². The van der Waals surface area contributed by atoms with E-state index in [0.717, 1.165) is 17.1 Å². The summed E-state index contributed by atoms with van der Waals surface area (Å²) < 4.78 is 53.3. The number of halogens is 2. The Bertz CT molecular complexity index is 1370. The Kier molecular flexibility index (Phi) is 11.0. The second-order valence-electron chi connectivity index (χ2n) is 9.60. The van der Waals surface area contributed by atoms with Gasteiger partial charge in [-0.15, -0.1) is 0 Å². The van der Waals surface area contributed by atoms with Crippen molar-refractivity contribution in [1.29, 1.82) is 0 Å². The van der Waals surface area contributed by atoms with Crippen LogP contribution < -0.4 is 24.0 Å². The van der Waals surface area contributed by atoms with Crippen molar-refractivity contribution in [2.75, 3.05) is 24.1 Å². The molecule has 2 aromatic rings. The summed E-state index contributed by atoms with van der Waals surface area (Å²) in [5.74, 6) is 0.489. The summed E-state index contributed by atoms with van der Waals surface area (Å²) in [6.45, 7) is 7.17. The molecule has 10 nitrogen and oxygen atoms in total. The van der Waals surface area contributed by atoms with Gasteiger partial charge >= 0.3 is 8.03 Å². The molecule has 0 radical (unpaired) electrons. The number of alkyl halides is 2. The van der Waals surface area contributed by atoms with Crippen LogP contribution in [-0.2, 0) is 14.6 Å². The molecule has 1 aliphatic rings. The zero-order chi connectivity index (χ0) is 29.6. The van der Waals surface area contributed by atoms with Crippen LogP contribution in [0.3, 0.4) is 0 Å². The van der Waals surface area contributed by atoms with Crippen LogP contribution in [0.25, 0.3) is 0 Å². The van der Waals surface area contributed by atoms with E-state index >= 15 is 0 Å². The van der Waals surface area contributed by atoms with Gasteiger partial charge in [-0.3, -0.25) is 5.32 Å². The van der Waals surface area contributed by atoms with Crippen LogP contribution in [0, 0.1) is 6.92 Å². The maximum absolute atomic E-state index is 14.1. The van der Waals surface area contributed by atoms with Crippen LogP contribution >= 0.6 is 31.2 Å². The lowest BCUT2D eigenvalue weighted by molar-refractivity contribution is -0.168. The molecule has 0 fully saturated rings. The Morgan fingerprint density at radius 3 is 2.60 bits per heavy atom. The summed E-state index contributed by atoms with van der Waals surface area (Å²) in [7, 11) is -7.64. The molecule has 0 bridgehead atoms. The lowest BCUT2D eigenvalue weighted by Crippen LogP contribution is -2.47. The van der Waals surface area contributed by atoms with Crippen LogP contribution in [0.2, 0.25) is 0 Å². The first-order valence-electron chi connectivity index (χ1n) is 12.6. The molecule has 40 heavy (non-hydrogen) atoms. The lowest BCUT2D eigenvalue weighted by atomic mass is 10.2. The standard InChI is InChI=1S/C26H33Cl2N4O6PS/c1-5-6-14-38-22-9-7-8-10-23(22)40(35,36)32(25(3,4)39(33)34)20-16-19(2)17-21(18-20)37-15-13-29-26(28)11-12-30-31-24(26)27/h7-12,16-18,24,29H,5-6,13-15H2,1-4H3. The van der Waals surface area contributed by atoms with Crippen molar-refractivity contribution in [2.45, 2.75) is 61.2 Å². The summed E-state index contributed by atoms with van der Waals surface area (Å²) in [4.78, 5) is 11.1. The number of aryl methyl sites for hydroxylation is 1. The summed E-state index contributed by atoms with van der Waals surface area (Å²) in [6, 6.07) is 11.0. The zero-order valence-corrected chi connectivity index (χ0v) is 25.9. The summed E-state index contributed by atoms with van der Waals surface area (Å²) in [5, 5.41) is 8.77. The highest BCUT2D eigenvalue weighted by Gasteiger charge is 2.48. The third-order valence-electron chi connectivity index (χ3n) is 6.00. The molecule has 0 saturated carbocycles. The van der Waals surface area contributed by atoms with Crippen LogP contribution in [0.1, 0.15) is 39.2 Å². The number of benzene rings is 2. The maximum atomic E-state index is 14.1.